The van der Waals surface area contributed by atoms with Gasteiger partial charge in [0.05, 0.1) is 20.6 Å². The molecule has 1 saturated heterocycles. The van der Waals surface area contributed by atoms with Crippen LogP contribution in [0.15, 0.2) is 16.6 Å². The molecule has 1 fully saturated rings. The predicted molar refractivity (Wildman–Crippen MR) is 92.3 cm³/mol. The van der Waals surface area contributed by atoms with Crippen molar-refractivity contribution >= 4 is 28.3 Å². The van der Waals surface area contributed by atoms with Crippen molar-refractivity contribution < 1.29 is 22.6 Å². The van der Waals surface area contributed by atoms with Crippen molar-refractivity contribution in [3.05, 3.63) is 22.2 Å². The Bertz CT molecular complexity index is 515. The number of nitrogens with zero attached hydrogens (tertiary/aromatic N) is 1. The van der Waals surface area contributed by atoms with Crippen molar-refractivity contribution in [3.63, 3.8) is 0 Å². The van der Waals surface area contributed by atoms with Gasteiger partial charge in [-0.3, -0.25) is 4.90 Å². The molecule has 0 aromatic heterocycles. The molecular weight excluding hydrogens is 413 g/mol. The molecule has 4 nitrogen and oxygen atoms in total. The quantitative estimate of drug-likeness (QED) is 0.766. The van der Waals surface area contributed by atoms with Crippen molar-refractivity contribution in [1.82, 2.24) is 10.2 Å². The number of benzene rings is 1. The van der Waals surface area contributed by atoms with Crippen LogP contribution >= 0.6 is 28.3 Å². The highest BCUT2D eigenvalue weighted by Gasteiger charge is 2.36. The average Bonchev–Trinajstić information content (AvgIpc) is 2.53. The lowest BCUT2D eigenvalue weighted by Crippen LogP contribution is -2.46. The first-order chi connectivity index (χ1) is 10.9. The number of piperazine rings is 1. The second-order valence-corrected chi connectivity index (χ2v) is 6.15. The summed E-state index contributed by atoms with van der Waals surface area (Å²) in [6.07, 6.45) is -5.15. The fourth-order valence-corrected chi connectivity index (χ4v) is 3.31. The van der Waals surface area contributed by atoms with Crippen molar-refractivity contribution in [1.29, 1.82) is 0 Å². The number of methoxy groups -OCH3 is 2. The molecule has 0 unspecified atom stereocenters. The first-order valence-corrected chi connectivity index (χ1v) is 8.08. The molecule has 1 N–H and O–H groups in total. The van der Waals surface area contributed by atoms with E-state index in [1.807, 2.05) is 4.90 Å². The summed E-state index contributed by atoms with van der Waals surface area (Å²) in [7, 11) is 2.96. The van der Waals surface area contributed by atoms with E-state index in [2.05, 4.69) is 21.2 Å². The van der Waals surface area contributed by atoms with Gasteiger partial charge in [0.15, 0.2) is 0 Å². The van der Waals surface area contributed by atoms with Gasteiger partial charge >= 0.3 is 6.18 Å². The lowest BCUT2D eigenvalue weighted by molar-refractivity contribution is -0.148. The molecule has 0 radical (unpaired) electrons. The van der Waals surface area contributed by atoms with E-state index in [0.29, 0.717) is 47.7 Å². The Morgan fingerprint density at radius 3 is 2.08 bits per heavy atom. The lowest BCUT2D eigenvalue weighted by atomic mass is 10.00. The van der Waals surface area contributed by atoms with Gasteiger partial charge in [-0.15, -0.1) is 12.4 Å². The van der Waals surface area contributed by atoms with Gasteiger partial charge < -0.3 is 14.8 Å². The molecule has 1 aromatic rings. The summed E-state index contributed by atoms with van der Waals surface area (Å²) in [5.74, 6) is 0.920. The minimum Gasteiger partial charge on any atom is -0.495 e. The summed E-state index contributed by atoms with van der Waals surface area (Å²) in [6.45, 7) is 2.50. The highest BCUT2D eigenvalue weighted by atomic mass is 79.9. The molecule has 1 aliphatic heterocycles. The van der Waals surface area contributed by atoms with Crippen molar-refractivity contribution in [2.24, 2.45) is 0 Å². The van der Waals surface area contributed by atoms with Gasteiger partial charge in [0.25, 0.3) is 0 Å². The van der Waals surface area contributed by atoms with E-state index in [4.69, 9.17) is 9.47 Å². The summed E-state index contributed by atoms with van der Waals surface area (Å²) in [4.78, 5) is 1.85. The normalized spacial score (nSPS) is 17.1. The predicted octanol–water partition coefficient (Wildman–Crippen LogP) is 3.79. The summed E-state index contributed by atoms with van der Waals surface area (Å²) >= 11 is 3.35. The third-order valence-electron chi connectivity index (χ3n) is 3.87. The number of halogens is 5. The lowest BCUT2D eigenvalue weighted by Gasteiger charge is -2.36. The van der Waals surface area contributed by atoms with Gasteiger partial charge in [0, 0.05) is 32.2 Å². The Hall–Kier alpha value is -0.700. The molecular formula is C15H21BrClF3N2O2. The van der Waals surface area contributed by atoms with Crippen molar-refractivity contribution in [2.45, 2.75) is 18.6 Å². The smallest absolute Gasteiger partial charge is 0.390 e. The molecule has 0 aliphatic carbocycles. The summed E-state index contributed by atoms with van der Waals surface area (Å²) in [6, 6.07) is 2.53. The number of hydrogen-bond acceptors (Lipinski definition) is 4. The molecule has 1 atom stereocenters. The fraction of sp³-hybridized carbons (Fsp3) is 0.600. The molecule has 1 heterocycles. The zero-order valence-corrected chi connectivity index (χ0v) is 15.9. The van der Waals surface area contributed by atoms with Crippen LogP contribution in [0.2, 0.25) is 0 Å². The molecule has 1 aliphatic rings. The van der Waals surface area contributed by atoms with Gasteiger partial charge in [-0.05, 0) is 33.6 Å². The second-order valence-electron chi connectivity index (χ2n) is 5.36. The van der Waals surface area contributed by atoms with Gasteiger partial charge in [0.2, 0.25) is 0 Å². The molecule has 9 heteroatoms. The highest BCUT2D eigenvalue weighted by molar-refractivity contribution is 9.10. The van der Waals surface area contributed by atoms with E-state index in [0.717, 1.165) is 0 Å². The Morgan fingerprint density at radius 2 is 1.67 bits per heavy atom. The number of nitrogens with one attached hydrogen (secondary N) is 1. The molecule has 2 rings (SSSR count). The Balaban J connectivity index is 0.00000288. The third kappa shape index (κ3) is 5.40. The molecule has 138 valence electrons. The summed E-state index contributed by atoms with van der Waals surface area (Å²) < 4.78 is 50.3. The van der Waals surface area contributed by atoms with E-state index in [9.17, 15) is 13.2 Å². The van der Waals surface area contributed by atoms with E-state index >= 15 is 0 Å². The van der Waals surface area contributed by atoms with Crippen LogP contribution in [-0.4, -0.2) is 51.5 Å². The molecule has 0 bridgehead atoms. The van der Waals surface area contributed by atoms with Crippen LogP contribution in [0.4, 0.5) is 13.2 Å². The average molecular weight is 434 g/mol. The minimum atomic E-state index is -4.25. The van der Waals surface area contributed by atoms with E-state index in [-0.39, 0.29) is 12.4 Å². The van der Waals surface area contributed by atoms with Crippen LogP contribution in [0.3, 0.4) is 0 Å². The standard InChI is InChI=1S/C15H20BrF3N2O2.ClH/c1-22-12-7-10(8-13(23-2)14(12)16)11(9-15(17,18)19)21-5-3-20-4-6-21;/h7-8,11,20H,3-6,9H2,1-2H3;1H/t11-;/m0./s1. The van der Waals surface area contributed by atoms with Crippen LogP contribution in [0, 0.1) is 0 Å². The SMILES string of the molecule is COc1cc([C@H](CC(F)(F)F)N2CCNCC2)cc(OC)c1Br.Cl. The number of ether oxygens (including phenoxy) is 2. The fourth-order valence-electron chi connectivity index (χ4n) is 2.75. The highest BCUT2D eigenvalue weighted by Crippen LogP contribution is 2.41. The zero-order valence-electron chi connectivity index (χ0n) is 13.5. The van der Waals surface area contributed by atoms with Gasteiger partial charge in [0.1, 0.15) is 16.0 Å². The maximum absolute atomic E-state index is 13.1. The van der Waals surface area contributed by atoms with Gasteiger partial charge in [-0.2, -0.15) is 13.2 Å². The Morgan fingerprint density at radius 1 is 1.17 bits per heavy atom. The molecule has 0 saturated carbocycles. The zero-order chi connectivity index (χ0) is 17.0. The summed E-state index contributed by atoms with van der Waals surface area (Å²) in [5.41, 5.74) is 0.543. The Labute approximate surface area is 154 Å². The van der Waals surface area contributed by atoms with E-state index in [1.54, 1.807) is 12.1 Å². The van der Waals surface area contributed by atoms with Crippen LogP contribution in [0.25, 0.3) is 0 Å². The second kappa shape index (κ2) is 9.12. The maximum Gasteiger partial charge on any atom is 0.390 e. The first kappa shape index (κ1) is 21.3. The van der Waals surface area contributed by atoms with E-state index < -0.39 is 18.6 Å². The molecule has 0 amide bonds. The van der Waals surface area contributed by atoms with Gasteiger partial charge in [-0.1, -0.05) is 0 Å². The van der Waals surface area contributed by atoms with Crippen LogP contribution in [0.5, 0.6) is 11.5 Å². The maximum atomic E-state index is 13.1. The number of alkyl halides is 3. The summed E-state index contributed by atoms with van der Waals surface area (Å²) in [5, 5.41) is 3.16. The Kier molecular flexibility index (Phi) is 8.11. The molecule has 0 spiro atoms. The molecule has 24 heavy (non-hydrogen) atoms. The largest absolute Gasteiger partial charge is 0.495 e. The monoisotopic (exact) mass is 432 g/mol. The third-order valence-corrected chi connectivity index (χ3v) is 4.65. The number of hydrogen-bond donors (Lipinski definition) is 1. The molecule has 1 aromatic carbocycles. The topological polar surface area (TPSA) is 33.7 Å². The van der Waals surface area contributed by atoms with Crippen LogP contribution < -0.4 is 14.8 Å². The minimum absolute atomic E-state index is 0. The number of rotatable bonds is 5. The van der Waals surface area contributed by atoms with Crippen LogP contribution in [-0.2, 0) is 0 Å². The van der Waals surface area contributed by atoms with E-state index in [1.165, 1.54) is 14.2 Å². The van der Waals surface area contributed by atoms with Crippen LogP contribution in [0.1, 0.15) is 18.0 Å². The first-order valence-electron chi connectivity index (χ1n) is 7.28. The van der Waals surface area contributed by atoms with Gasteiger partial charge in [-0.25, -0.2) is 0 Å². The van der Waals surface area contributed by atoms with Crippen molar-refractivity contribution in [3.8, 4) is 11.5 Å². The van der Waals surface area contributed by atoms with Crippen molar-refractivity contribution in [2.75, 3.05) is 40.4 Å².